The van der Waals surface area contributed by atoms with Crippen LogP contribution in [0.2, 0.25) is 0 Å². The number of benzene rings is 2. The van der Waals surface area contributed by atoms with E-state index in [-0.39, 0.29) is 7.43 Å². The van der Waals surface area contributed by atoms with Gasteiger partial charge >= 0.3 is 0 Å². The highest BCUT2D eigenvalue weighted by molar-refractivity contribution is 5.58. The first-order valence-electron chi connectivity index (χ1n) is 10.5. The Kier molecular flexibility index (Phi) is 10.3. The average molecular weight is 412 g/mol. The normalized spacial score (nSPS) is 10.9. The first-order valence-corrected chi connectivity index (χ1v) is 10.5. The lowest BCUT2D eigenvalue weighted by atomic mass is 10.1. The monoisotopic (exact) mass is 411 g/mol. The number of rotatable bonds is 12. The van der Waals surface area contributed by atoms with Crippen LogP contribution in [-0.4, -0.2) is 44.3 Å². The van der Waals surface area contributed by atoms with Crippen LogP contribution in [0, 0.1) is 21.3 Å². The molecule has 2 aromatic carbocycles. The molecule has 0 fully saturated rings. The van der Waals surface area contributed by atoms with Crippen molar-refractivity contribution >= 4 is 22.7 Å². The number of anilines is 4. The van der Waals surface area contributed by atoms with Crippen LogP contribution in [0.15, 0.2) is 49.1 Å². The van der Waals surface area contributed by atoms with Gasteiger partial charge in [0.05, 0.1) is 26.7 Å². The zero-order chi connectivity index (χ0) is 21.3. The average Bonchev–Trinajstić information content (AvgIpc) is 2.65. The lowest BCUT2D eigenvalue weighted by Gasteiger charge is -2.34. The van der Waals surface area contributed by atoms with Crippen LogP contribution < -0.4 is 22.1 Å². The maximum Gasteiger partial charge on any atom is 0.0969 e. The molecule has 0 radical (unpaired) electrons. The molecule has 0 saturated carbocycles. The predicted molar refractivity (Wildman–Crippen MR) is 135 cm³/mol. The summed E-state index contributed by atoms with van der Waals surface area (Å²) in [5, 5.41) is 7.08. The van der Waals surface area contributed by atoms with E-state index in [2.05, 4.69) is 50.2 Å². The van der Waals surface area contributed by atoms with Gasteiger partial charge in [0.2, 0.25) is 0 Å². The van der Waals surface area contributed by atoms with Crippen molar-refractivity contribution in [1.29, 1.82) is 0 Å². The van der Waals surface area contributed by atoms with E-state index in [1.165, 1.54) is 22.5 Å². The third-order valence-corrected chi connectivity index (χ3v) is 5.45. The van der Waals surface area contributed by atoms with E-state index in [9.17, 15) is 0 Å². The van der Waals surface area contributed by atoms with Crippen molar-refractivity contribution in [2.45, 2.75) is 26.7 Å². The van der Waals surface area contributed by atoms with Crippen LogP contribution in [0.4, 0.5) is 22.7 Å². The molecule has 0 aliphatic heterocycles. The zero-order valence-corrected chi connectivity index (χ0v) is 19.3. The molecule has 2 aromatic rings. The van der Waals surface area contributed by atoms with Gasteiger partial charge in [-0.15, -0.1) is 0 Å². The Balaban J connectivity index is 0.00000450. The Labute approximate surface area is 183 Å². The first-order chi connectivity index (χ1) is 13.8. The van der Waals surface area contributed by atoms with Gasteiger partial charge in [-0.2, -0.15) is 0 Å². The SMILES string of the molecule is C=CC[N+](C)(CCCNc1ccc(N)cc1C)CCCNc1ccc(N)cc1C.[CH3-]. The molecular formula is C25H41N5. The van der Waals surface area contributed by atoms with Gasteiger partial charge < -0.3 is 34.0 Å². The van der Waals surface area contributed by atoms with Crippen LogP contribution >= 0.6 is 0 Å². The summed E-state index contributed by atoms with van der Waals surface area (Å²) in [6, 6.07) is 12.0. The Morgan fingerprint density at radius 2 is 1.30 bits per heavy atom. The molecule has 5 heteroatoms. The van der Waals surface area contributed by atoms with Gasteiger partial charge in [-0.3, -0.25) is 0 Å². The van der Waals surface area contributed by atoms with Gasteiger partial charge in [0.15, 0.2) is 0 Å². The maximum atomic E-state index is 5.83. The van der Waals surface area contributed by atoms with Crippen molar-refractivity contribution in [2.75, 3.05) is 61.9 Å². The van der Waals surface area contributed by atoms with Gasteiger partial charge in [0.25, 0.3) is 0 Å². The molecular weight excluding hydrogens is 370 g/mol. The highest BCUT2D eigenvalue weighted by Crippen LogP contribution is 2.19. The van der Waals surface area contributed by atoms with Crippen LogP contribution in [0.5, 0.6) is 0 Å². The quantitative estimate of drug-likeness (QED) is 0.132. The molecule has 2 rings (SSSR count). The third-order valence-electron chi connectivity index (χ3n) is 5.45. The fraction of sp³-hybridized carbons (Fsp3) is 0.400. The summed E-state index contributed by atoms with van der Waals surface area (Å²) in [5.41, 5.74) is 18.0. The van der Waals surface area contributed by atoms with Gasteiger partial charge in [-0.1, -0.05) is 6.58 Å². The number of likely N-dealkylation sites (N-methyl/N-ethyl adjacent to an activating group) is 1. The van der Waals surface area contributed by atoms with Crippen molar-refractivity contribution in [3.63, 3.8) is 0 Å². The second kappa shape index (κ2) is 12.1. The number of quaternary nitrogens is 1. The molecule has 0 spiro atoms. The molecule has 0 heterocycles. The molecule has 30 heavy (non-hydrogen) atoms. The van der Waals surface area contributed by atoms with Gasteiger partial charge in [-0.05, 0) is 67.4 Å². The largest absolute Gasteiger partial charge is 0.399 e. The topological polar surface area (TPSA) is 76.1 Å². The van der Waals surface area contributed by atoms with E-state index in [1.807, 2.05) is 30.3 Å². The molecule has 0 amide bonds. The van der Waals surface area contributed by atoms with Crippen LogP contribution in [0.3, 0.4) is 0 Å². The third kappa shape index (κ3) is 7.99. The molecule has 0 aliphatic rings. The summed E-state index contributed by atoms with van der Waals surface area (Å²) in [6.45, 7) is 13.3. The highest BCUT2D eigenvalue weighted by Gasteiger charge is 2.19. The summed E-state index contributed by atoms with van der Waals surface area (Å²) in [6.07, 6.45) is 4.26. The summed E-state index contributed by atoms with van der Waals surface area (Å²) >= 11 is 0. The Hall–Kier alpha value is -2.66. The Morgan fingerprint density at radius 3 is 1.67 bits per heavy atom. The number of nitrogen functional groups attached to an aromatic ring is 2. The Bertz CT molecular complexity index is 741. The van der Waals surface area contributed by atoms with E-state index >= 15 is 0 Å². The van der Waals surface area contributed by atoms with Crippen molar-refractivity contribution < 1.29 is 4.48 Å². The van der Waals surface area contributed by atoms with E-state index in [1.54, 1.807) is 0 Å². The lowest BCUT2D eigenvalue weighted by Crippen LogP contribution is -2.46. The van der Waals surface area contributed by atoms with E-state index in [4.69, 9.17) is 11.5 Å². The minimum atomic E-state index is 0. The summed E-state index contributed by atoms with van der Waals surface area (Å²) < 4.78 is 1.01. The molecule has 166 valence electrons. The number of nitrogens with one attached hydrogen (secondary N) is 2. The van der Waals surface area contributed by atoms with E-state index < -0.39 is 0 Å². The summed E-state index contributed by atoms with van der Waals surface area (Å²) in [5.74, 6) is 0. The highest BCUT2D eigenvalue weighted by atomic mass is 15.3. The fourth-order valence-corrected chi connectivity index (χ4v) is 3.74. The number of nitrogens with two attached hydrogens (primary N) is 2. The maximum absolute atomic E-state index is 5.83. The fourth-order valence-electron chi connectivity index (χ4n) is 3.74. The molecule has 5 nitrogen and oxygen atoms in total. The second-order valence-corrected chi connectivity index (χ2v) is 8.25. The molecule has 6 N–H and O–H groups in total. The smallest absolute Gasteiger partial charge is 0.0969 e. The van der Waals surface area contributed by atoms with Crippen molar-refractivity contribution in [3.8, 4) is 0 Å². The van der Waals surface area contributed by atoms with Crippen molar-refractivity contribution in [3.05, 3.63) is 67.6 Å². The zero-order valence-electron chi connectivity index (χ0n) is 19.3. The number of aryl methyl sites for hydroxylation is 2. The molecule has 0 aliphatic carbocycles. The van der Waals surface area contributed by atoms with Gasteiger partial charge in [0, 0.05) is 48.7 Å². The van der Waals surface area contributed by atoms with Gasteiger partial charge in [0.1, 0.15) is 0 Å². The number of nitrogens with zero attached hydrogens (tertiary/aromatic N) is 1. The standard InChI is InChI=1S/C24H38N5.CH3/c1-5-14-29(4,15-6-12-27-23-10-8-21(25)17-19(23)2)16-7-13-28-24-11-9-22(26)18-20(24)3;/h5,8-11,17-18,27-28H,1,6-7,12-16,25-26H2,2-4H3;1H3/q+1;-1. The van der Waals surface area contributed by atoms with E-state index in [0.29, 0.717) is 0 Å². The molecule has 0 bridgehead atoms. The number of hydrogen-bond acceptors (Lipinski definition) is 4. The van der Waals surface area contributed by atoms with E-state index in [0.717, 1.165) is 61.4 Å². The molecule has 0 unspecified atom stereocenters. The van der Waals surface area contributed by atoms with Crippen LogP contribution in [-0.2, 0) is 0 Å². The first kappa shape index (κ1) is 25.4. The summed E-state index contributed by atoms with van der Waals surface area (Å²) in [7, 11) is 2.32. The second-order valence-electron chi connectivity index (χ2n) is 8.25. The van der Waals surface area contributed by atoms with Crippen LogP contribution in [0.1, 0.15) is 24.0 Å². The number of hydrogen-bond donors (Lipinski definition) is 4. The van der Waals surface area contributed by atoms with Crippen LogP contribution in [0.25, 0.3) is 0 Å². The molecule has 0 aromatic heterocycles. The van der Waals surface area contributed by atoms with Gasteiger partial charge in [-0.25, -0.2) is 0 Å². The van der Waals surface area contributed by atoms with Crippen molar-refractivity contribution in [2.24, 2.45) is 0 Å². The Morgan fingerprint density at radius 1 is 0.867 bits per heavy atom. The predicted octanol–water partition coefficient (Wildman–Crippen LogP) is 4.85. The lowest BCUT2D eigenvalue weighted by molar-refractivity contribution is -0.904. The molecule has 0 atom stereocenters. The molecule has 0 saturated heterocycles. The summed E-state index contributed by atoms with van der Waals surface area (Å²) in [4.78, 5) is 0. The minimum Gasteiger partial charge on any atom is -0.399 e. The van der Waals surface area contributed by atoms with Crippen molar-refractivity contribution in [1.82, 2.24) is 0 Å². The minimum absolute atomic E-state index is 0.